The van der Waals surface area contributed by atoms with Gasteiger partial charge in [0.05, 0.1) is 23.2 Å². The van der Waals surface area contributed by atoms with Gasteiger partial charge in [-0.3, -0.25) is 14.4 Å². The Kier molecular flexibility index (Phi) is 8.57. The van der Waals surface area contributed by atoms with Crippen LogP contribution in [-0.2, 0) is 14.4 Å². The number of aliphatic hydroxyl groups is 1. The van der Waals surface area contributed by atoms with Crippen LogP contribution in [0.4, 0.5) is 11.4 Å². The van der Waals surface area contributed by atoms with Gasteiger partial charge >= 0.3 is 0 Å². The number of amides is 3. The number of carbonyl (C=O) groups excluding carboxylic acids is 3. The van der Waals surface area contributed by atoms with Crippen molar-refractivity contribution in [2.75, 3.05) is 56.2 Å². The van der Waals surface area contributed by atoms with Crippen molar-refractivity contribution >= 4 is 40.9 Å². The van der Waals surface area contributed by atoms with E-state index in [-0.39, 0.29) is 36.1 Å². The molecule has 0 radical (unpaired) electrons. The largest absolute Gasteiger partial charge is 0.395 e. The lowest BCUT2D eigenvalue weighted by molar-refractivity contribution is -0.143. The van der Waals surface area contributed by atoms with Gasteiger partial charge in [-0.15, -0.1) is 24.9 Å². The molecule has 5 atom stereocenters. The van der Waals surface area contributed by atoms with Crippen LogP contribution in [0.25, 0.3) is 0 Å². The van der Waals surface area contributed by atoms with Crippen LogP contribution in [0.3, 0.4) is 0 Å². The molecule has 206 valence electrons. The Labute approximate surface area is 230 Å². The zero-order chi connectivity index (χ0) is 27.6. The smallest absolute Gasteiger partial charge is 0.251 e. The fourth-order valence-corrected chi connectivity index (χ4v) is 8.84. The fraction of sp³-hybridized carbons (Fsp3) is 0.552. The molecular formula is C29H40N4O4S. The number of carbonyl (C=O) groups is 3. The van der Waals surface area contributed by atoms with Gasteiger partial charge in [0.2, 0.25) is 11.8 Å². The van der Waals surface area contributed by atoms with Crippen LogP contribution in [0.2, 0.25) is 0 Å². The van der Waals surface area contributed by atoms with Gasteiger partial charge < -0.3 is 24.7 Å². The molecule has 38 heavy (non-hydrogen) atoms. The van der Waals surface area contributed by atoms with E-state index in [1.807, 2.05) is 24.3 Å². The Morgan fingerprint density at radius 2 is 1.74 bits per heavy atom. The van der Waals surface area contributed by atoms with Gasteiger partial charge in [0.25, 0.3) is 5.91 Å². The number of likely N-dealkylation sites (N-methyl/N-ethyl adjacent to an activating group) is 1. The van der Waals surface area contributed by atoms with Crippen LogP contribution in [0.5, 0.6) is 0 Å². The zero-order valence-corrected chi connectivity index (χ0v) is 23.5. The molecule has 3 aliphatic heterocycles. The summed E-state index contributed by atoms with van der Waals surface area (Å²) in [5, 5.41) is 9.86. The molecule has 0 aromatic heterocycles. The van der Waals surface area contributed by atoms with E-state index in [9.17, 15) is 19.5 Å². The van der Waals surface area contributed by atoms with Crippen molar-refractivity contribution in [1.82, 2.24) is 9.80 Å². The number of aliphatic hydroxyl groups excluding tert-OH is 1. The van der Waals surface area contributed by atoms with Crippen molar-refractivity contribution in [3.05, 3.63) is 49.6 Å². The first kappa shape index (κ1) is 28.2. The molecule has 1 aromatic rings. The summed E-state index contributed by atoms with van der Waals surface area (Å²) in [5.41, 5.74) is 1.81. The lowest BCUT2D eigenvalue weighted by Crippen LogP contribution is -2.55. The maximum Gasteiger partial charge on any atom is 0.251 e. The van der Waals surface area contributed by atoms with Gasteiger partial charge in [-0.2, -0.15) is 0 Å². The molecule has 1 aromatic carbocycles. The number of anilines is 2. The van der Waals surface area contributed by atoms with Crippen molar-refractivity contribution in [1.29, 1.82) is 0 Å². The molecule has 3 fully saturated rings. The second kappa shape index (κ2) is 11.5. The summed E-state index contributed by atoms with van der Waals surface area (Å²) >= 11 is 1.64. The molecular weight excluding hydrogens is 500 g/mol. The predicted octanol–water partition coefficient (Wildman–Crippen LogP) is 2.78. The summed E-state index contributed by atoms with van der Waals surface area (Å²) in [6, 6.07) is 7.14. The highest BCUT2D eigenvalue weighted by Gasteiger charge is 2.74. The summed E-state index contributed by atoms with van der Waals surface area (Å²) in [7, 11) is 1.73. The molecule has 2 bridgehead atoms. The number of fused-ring (bicyclic) bond motifs is 1. The molecule has 3 amide bonds. The third-order valence-corrected chi connectivity index (χ3v) is 10.3. The van der Waals surface area contributed by atoms with E-state index in [1.165, 1.54) is 4.90 Å². The van der Waals surface area contributed by atoms with Gasteiger partial charge in [0.1, 0.15) is 6.04 Å². The monoisotopic (exact) mass is 540 g/mol. The second-order valence-corrected chi connectivity index (χ2v) is 11.8. The number of thioether (sulfide) groups is 1. The highest BCUT2D eigenvalue weighted by molar-refractivity contribution is 8.02. The molecule has 0 aliphatic carbocycles. The topological polar surface area (TPSA) is 84.4 Å². The standard InChI is InChI=1S/C29H40N4O4S/c1-6-16-30(5)26(35)23-22-14-15-29(38-22)24(23)27(36)33(18-19-34)25(29)28(37)32(17-7-2)21-12-10-20(11-13-21)31(8-3)9-4/h6-7,10-13,22-25,34H,1-2,8-9,14-19H2,3-5H3/t22-,23+,24+,25?,29?/m1/s1. The molecule has 4 rings (SSSR count). The van der Waals surface area contributed by atoms with Crippen LogP contribution in [0.15, 0.2) is 49.6 Å². The minimum atomic E-state index is -0.757. The van der Waals surface area contributed by atoms with Crippen molar-refractivity contribution in [2.24, 2.45) is 11.8 Å². The number of hydrogen-bond donors (Lipinski definition) is 1. The Balaban J connectivity index is 1.71. The molecule has 3 heterocycles. The summed E-state index contributed by atoms with van der Waals surface area (Å²) in [4.78, 5) is 48.8. The van der Waals surface area contributed by atoms with Crippen LogP contribution in [0, 0.1) is 11.8 Å². The summed E-state index contributed by atoms with van der Waals surface area (Å²) in [5.74, 6) is -1.53. The predicted molar refractivity (Wildman–Crippen MR) is 153 cm³/mol. The number of rotatable bonds is 12. The molecule has 9 heteroatoms. The zero-order valence-electron chi connectivity index (χ0n) is 22.7. The SMILES string of the molecule is C=CCN(C)C(=O)[C@@H]1[C@H]2C(=O)N(CCO)C(C(=O)N(CC=C)c3ccc(N(CC)CC)cc3)C23CC[C@H]1S3. The molecule has 3 saturated heterocycles. The van der Waals surface area contributed by atoms with E-state index in [0.29, 0.717) is 19.5 Å². The van der Waals surface area contributed by atoms with Crippen LogP contribution >= 0.6 is 11.8 Å². The van der Waals surface area contributed by atoms with Gasteiger partial charge in [-0.05, 0) is 51.0 Å². The average molecular weight is 541 g/mol. The molecule has 0 saturated carbocycles. The third-order valence-electron chi connectivity index (χ3n) is 8.31. The maximum absolute atomic E-state index is 14.4. The molecule has 1 spiro atoms. The van der Waals surface area contributed by atoms with E-state index in [0.717, 1.165) is 30.9 Å². The number of likely N-dealkylation sites (tertiary alicyclic amines) is 1. The van der Waals surface area contributed by atoms with Gasteiger partial charge in [0, 0.05) is 56.4 Å². The second-order valence-electron chi connectivity index (χ2n) is 10.2. The Bertz CT molecular complexity index is 1070. The van der Waals surface area contributed by atoms with Crippen molar-refractivity contribution in [2.45, 2.75) is 42.7 Å². The third kappa shape index (κ3) is 4.53. The minimum absolute atomic E-state index is 0.00324. The number of β-amino-alcohol motifs (C(OH)–C–C–N with tert-alkyl or cyclic N) is 1. The molecule has 2 unspecified atom stereocenters. The van der Waals surface area contributed by atoms with E-state index in [1.54, 1.807) is 40.8 Å². The Morgan fingerprint density at radius 3 is 2.32 bits per heavy atom. The molecule has 1 N–H and O–H groups in total. The normalized spacial score (nSPS) is 27.3. The van der Waals surface area contributed by atoms with Crippen molar-refractivity contribution in [3.63, 3.8) is 0 Å². The van der Waals surface area contributed by atoms with E-state index < -0.39 is 22.6 Å². The van der Waals surface area contributed by atoms with Crippen molar-refractivity contribution < 1.29 is 19.5 Å². The number of nitrogens with zero attached hydrogens (tertiary/aromatic N) is 4. The van der Waals surface area contributed by atoms with Gasteiger partial charge in [-0.1, -0.05) is 12.2 Å². The molecule has 8 nitrogen and oxygen atoms in total. The number of benzene rings is 1. The first-order valence-electron chi connectivity index (χ1n) is 13.5. The minimum Gasteiger partial charge on any atom is -0.395 e. The van der Waals surface area contributed by atoms with E-state index in [4.69, 9.17) is 0 Å². The van der Waals surface area contributed by atoms with Crippen LogP contribution < -0.4 is 9.80 Å². The van der Waals surface area contributed by atoms with Gasteiger partial charge in [0.15, 0.2) is 0 Å². The average Bonchev–Trinajstić information content (AvgIpc) is 3.56. The Hall–Kier alpha value is -2.78. The lowest BCUT2D eigenvalue weighted by atomic mass is 9.70. The fourth-order valence-electron chi connectivity index (χ4n) is 6.63. The number of hydrogen-bond acceptors (Lipinski definition) is 6. The maximum atomic E-state index is 14.4. The summed E-state index contributed by atoms with van der Waals surface area (Å²) in [6.07, 6.45) is 4.83. The van der Waals surface area contributed by atoms with Crippen molar-refractivity contribution in [3.8, 4) is 0 Å². The highest BCUT2D eigenvalue weighted by Crippen LogP contribution is 2.66. The summed E-state index contributed by atoms with van der Waals surface area (Å²) in [6.45, 7) is 14.1. The molecule has 3 aliphatic rings. The quantitative estimate of drug-likeness (QED) is 0.411. The Morgan fingerprint density at radius 1 is 1.11 bits per heavy atom. The lowest BCUT2D eigenvalue weighted by Gasteiger charge is -2.37. The van der Waals surface area contributed by atoms with E-state index in [2.05, 4.69) is 31.9 Å². The van der Waals surface area contributed by atoms with Gasteiger partial charge in [-0.25, -0.2) is 0 Å². The first-order chi connectivity index (χ1) is 18.3. The summed E-state index contributed by atoms with van der Waals surface area (Å²) < 4.78 is -0.691. The van der Waals surface area contributed by atoms with E-state index >= 15 is 0 Å². The first-order valence-corrected chi connectivity index (χ1v) is 14.4. The highest BCUT2D eigenvalue weighted by atomic mass is 32.2. The van der Waals surface area contributed by atoms with Crippen LogP contribution in [0.1, 0.15) is 26.7 Å². The van der Waals surface area contributed by atoms with Crippen LogP contribution in [-0.4, -0.2) is 95.0 Å².